The molecular formula is C19H26N2. The molecule has 0 heterocycles. The van der Waals surface area contributed by atoms with E-state index in [2.05, 4.69) is 62.1 Å². The van der Waals surface area contributed by atoms with Crippen molar-refractivity contribution in [1.82, 2.24) is 0 Å². The molecule has 2 heteroatoms. The van der Waals surface area contributed by atoms with Crippen LogP contribution in [-0.2, 0) is 6.54 Å². The van der Waals surface area contributed by atoms with Gasteiger partial charge in [0.25, 0.3) is 0 Å². The lowest BCUT2D eigenvalue weighted by molar-refractivity contribution is 0.766. The lowest BCUT2D eigenvalue weighted by Gasteiger charge is -2.25. The average molecular weight is 282 g/mol. The summed E-state index contributed by atoms with van der Waals surface area (Å²) in [6, 6.07) is 17.1. The van der Waals surface area contributed by atoms with E-state index in [1.165, 1.54) is 16.8 Å². The molecule has 0 bridgehead atoms. The second kappa shape index (κ2) is 7.16. The van der Waals surface area contributed by atoms with Crippen LogP contribution in [0.15, 0.2) is 48.5 Å². The quantitative estimate of drug-likeness (QED) is 0.770. The molecule has 0 aliphatic heterocycles. The average Bonchev–Trinajstić information content (AvgIpc) is 2.47. The van der Waals surface area contributed by atoms with Crippen molar-refractivity contribution in [3.63, 3.8) is 0 Å². The number of hydrogen-bond acceptors (Lipinski definition) is 2. The number of hydrogen-bond donors (Lipinski definition) is 1. The summed E-state index contributed by atoms with van der Waals surface area (Å²) < 4.78 is 0. The molecule has 0 aliphatic rings. The first-order valence-corrected chi connectivity index (χ1v) is 7.79. The van der Waals surface area contributed by atoms with Crippen molar-refractivity contribution in [2.24, 2.45) is 0 Å². The van der Waals surface area contributed by atoms with Crippen LogP contribution in [0.5, 0.6) is 0 Å². The van der Waals surface area contributed by atoms with Crippen LogP contribution in [0.3, 0.4) is 0 Å². The summed E-state index contributed by atoms with van der Waals surface area (Å²) in [6.07, 6.45) is 1.12. The highest BCUT2D eigenvalue weighted by molar-refractivity contribution is 5.56. The predicted octanol–water partition coefficient (Wildman–Crippen LogP) is 4.81. The molecule has 2 aromatic rings. The standard InChI is InChI=1S/C19H26N2/c1-4-12-21(19-7-5-6-18(20)13-19)14-16-8-10-17(11-9-16)15(2)3/h5-11,13,15H,4,12,14,20H2,1-3H3. The van der Waals surface area contributed by atoms with E-state index in [1.54, 1.807) is 0 Å². The van der Waals surface area contributed by atoms with Gasteiger partial charge in [0, 0.05) is 24.5 Å². The monoisotopic (exact) mass is 282 g/mol. The molecule has 0 fully saturated rings. The summed E-state index contributed by atoms with van der Waals surface area (Å²) in [7, 11) is 0. The van der Waals surface area contributed by atoms with E-state index in [-0.39, 0.29) is 0 Å². The Hall–Kier alpha value is -1.96. The van der Waals surface area contributed by atoms with Crippen LogP contribution >= 0.6 is 0 Å². The van der Waals surface area contributed by atoms with Crippen LogP contribution < -0.4 is 10.6 Å². The van der Waals surface area contributed by atoms with Crippen molar-refractivity contribution >= 4 is 11.4 Å². The van der Waals surface area contributed by atoms with Gasteiger partial charge in [-0.2, -0.15) is 0 Å². The Morgan fingerprint density at radius 2 is 1.76 bits per heavy atom. The lowest BCUT2D eigenvalue weighted by atomic mass is 10.0. The molecule has 21 heavy (non-hydrogen) atoms. The number of nitrogens with two attached hydrogens (primary N) is 1. The van der Waals surface area contributed by atoms with Crippen molar-refractivity contribution in [1.29, 1.82) is 0 Å². The molecule has 0 atom stereocenters. The highest BCUT2D eigenvalue weighted by Gasteiger charge is 2.07. The maximum atomic E-state index is 5.91. The van der Waals surface area contributed by atoms with Crippen molar-refractivity contribution in [2.45, 2.75) is 39.7 Å². The highest BCUT2D eigenvalue weighted by Crippen LogP contribution is 2.21. The van der Waals surface area contributed by atoms with Crippen LogP contribution in [-0.4, -0.2) is 6.54 Å². The minimum atomic E-state index is 0.583. The fourth-order valence-electron chi connectivity index (χ4n) is 2.52. The molecule has 0 aromatic heterocycles. The first kappa shape index (κ1) is 15.4. The van der Waals surface area contributed by atoms with E-state index < -0.39 is 0 Å². The zero-order chi connectivity index (χ0) is 15.2. The van der Waals surface area contributed by atoms with Gasteiger partial charge in [-0.15, -0.1) is 0 Å². The first-order chi connectivity index (χ1) is 10.1. The minimum absolute atomic E-state index is 0.583. The molecule has 0 unspecified atom stereocenters. The second-order valence-electron chi connectivity index (χ2n) is 5.91. The Morgan fingerprint density at radius 3 is 2.33 bits per heavy atom. The summed E-state index contributed by atoms with van der Waals surface area (Å²) in [4.78, 5) is 2.39. The SMILES string of the molecule is CCCN(Cc1ccc(C(C)C)cc1)c1cccc(N)c1. The first-order valence-electron chi connectivity index (χ1n) is 7.79. The molecule has 2 nitrogen and oxygen atoms in total. The molecular weight excluding hydrogens is 256 g/mol. The zero-order valence-corrected chi connectivity index (χ0v) is 13.3. The Bertz CT molecular complexity index is 558. The van der Waals surface area contributed by atoms with E-state index in [1.807, 2.05) is 12.1 Å². The zero-order valence-electron chi connectivity index (χ0n) is 13.3. The molecule has 112 valence electrons. The Balaban J connectivity index is 2.16. The van der Waals surface area contributed by atoms with Gasteiger partial charge in [0.15, 0.2) is 0 Å². The topological polar surface area (TPSA) is 29.3 Å². The number of anilines is 2. The normalized spacial score (nSPS) is 10.9. The van der Waals surface area contributed by atoms with Crippen molar-refractivity contribution in [3.05, 3.63) is 59.7 Å². The largest absolute Gasteiger partial charge is 0.399 e. The van der Waals surface area contributed by atoms with Crippen molar-refractivity contribution in [3.8, 4) is 0 Å². The third-order valence-corrected chi connectivity index (χ3v) is 3.75. The summed E-state index contributed by atoms with van der Waals surface area (Å²) >= 11 is 0. The fraction of sp³-hybridized carbons (Fsp3) is 0.368. The molecule has 0 aliphatic carbocycles. The van der Waals surface area contributed by atoms with E-state index in [4.69, 9.17) is 5.73 Å². The predicted molar refractivity (Wildman–Crippen MR) is 92.7 cm³/mol. The van der Waals surface area contributed by atoms with Crippen LogP contribution in [0.25, 0.3) is 0 Å². The van der Waals surface area contributed by atoms with Gasteiger partial charge in [0.1, 0.15) is 0 Å². The smallest absolute Gasteiger partial charge is 0.0429 e. The molecule has 0 amide bonds. The molecule has 2 N–H and O–H groups in total. The third-order valence-electron chi connectivity index (χ3n) is 3.75. The lowest BCUT2D eigenvalue weighted by Crippen LogP contribution is -2.23. The fourth-order valence-corrected chi connectivity index (χ4v) is 2.52. The summed E-state index contributed by atoms with van der Waals surface area (Å²) in [5.41, 5.74) is 10.7. The third kappa shape index (κ3) is 4.25. The molecule has 2 aromatic carbocycles. The minimum Gasteiger partial charge on any atom is -0.399 e. The van der Waals surface area contributed by atoms with Gasteiger partial charge in [-0.3, -0.25) is 0 Å². The molecule has 0 saturated carbocycles. The Labute approximate surface area is 128 Å². The van der Waals surface area contributed by atoms with Gasteiger partial charge in [-0.05, 0) is 41.7 Å². The van der Waals surface area contributed by atoms with Crippen LogP contribution in [0, 0.1) is 0 Å². The molecule has 0 radical (unpaired) electrons. The Kier molecular flexibility index (Phi) is 5.26. The molecule has 2 rings (SSSR count). The summed E-state index contributed by atoms with van der Waals surface area (Å²) in [6.45, 7) is 8.63. The summed E-state index contributed by atoms with van der Waals surface area (Å²) in [5.74, 6) is 0.583. The molecule has 0 saturated heterocycles. The summed E-state index contributed by atoms with van der Waals surface area (Å²) in [5, 5.41) is 0. The van der Waals surface area contributed by atoms with Crippen LogP contribution in [0.4, 0.5) is 11.4 Å². The van der Waals surface area contributed by atoms with Gasteiger partial charge in [0.2, 0.25) is 0 Å². The van der Waals surface area contributed by atoms with Gasteiger partial charge in [-0.1, -0.05) is 51.1 Å². The number of rotatable bonds is 6. The maximum absolute atomic E-state index is 5.91. The van der Waals surface area contributed by atoms with E-state index in [0.717, 1.165) is 25.2 Å². The number of nitrogens with zero attached hydrogens (tertiary/aromatic N) is 1. The van der Waals surface area contributed by atoms with Gasteiger partial charge >= 0.3 is 0 Å². The molecule has 0 spiro atoms. The van der Waals surface area contributed by atoms with Gasteiger partial charge < -0.3 is 10.6 Å². The van der Waals surface area contributed by atoms with Crippen molar-refractivity contribution in [2.75, 3.05) is 17.2 Å². The van der Waals surface area contributed by atoms with E-state index in [0.29, 0.717) is 5.92 Å². The number of nitrogen functional groups attached to an aromatic ring is 1. The van der Waals surface area contributed by atoms with Gasteiger partial charge in [-0.25, -0.2) is 0 Å². The van der Waals surface area contributed by atoms with Crippen LogP contribution in [0.2, 0.25) is 0 Å². The highest BCUT2D eigenvalue weighted by atomic mass is 15.1. The van der Waals surface area contributed by atoms with Gasteiger partial charge in [0.05, 0.1) is 0 Å². The van der Waals surface area contributed by atoms with E-state index in [9.17, 15) is 0 Å². The Morgan fingerprint density at radius 1 is 1.05 bits per heavy atom. The van der Waals surface area contributed by atoms with Crippen LogP contribution in [0.1, 0.15) is 44.2 Å². The maximum Gasteiger partial charge on any atom is 0.0429 e. The van der Waals surface area contributed by atoms with E-state index >= 15 is 0 Å². The second-order valence-corrected chi connectivity index (χ2v) is 5.91. The number of benzene rings is 2. The van der Waals surface area contributed by atoms with Crippen molar-refractivity contribution < 1.29 is 0 Å².